The number of nitrogens with one attached hydrogen (secondary N) is 1. The fourth-order valence-corrected chi connectivity index (χ4v) is 3.61. The van der Waals surface area contributed by atoms with E-state index in [9.17, 15) is 4.79 Å². The highest BCUT2D eigenvalue weighted by Crippen LogP contribution is 2.29. The average molecular weight is 421 g/mol. The molecule has 0 saturated heterocycles. The van der Waals surface area contributed by atoms with Crippen LogP contribution in [0.3, 0.4) is 0 Å². The van der Waals surface area contributed by atoms with Gasteiger partial charge < -0.3 is 4.98 Å². The van der Waals surface area contributed by atoms with Crippen LogP contribution in [0.2, 0.25) is 5.02 Å². The molecule has 0 aliphatic heterocycles. The second-order valence-electron chi connectivity index (χ2n) is 6.86. The number of aromatic nitrogens is 8. The van der Waals surface area contributed by atoms with Gasteiger partial charge in [0.25, 0.3) is 5.56 Å². The average Bonchev–Trinajstić information content (AvgIpc) is 3.41. The van der Waals surface area contributed by atoms with E-state index < -0.39 is 0 Å². The summed E-state index contributed by atoms with van der Waals surface area (Å²) in [6.07, 6.45) is 6.20. The highest BCUT2D eigenvalue weighted by atomic mass is 35.5. The van der Waals surface area contributed by atoms with Crippen molar-refractivity contribution in [2.75, 3.05) is 0 Å². The largest absolute Gasteiger partial charge is 0.348 e. The van der Waals surface area contributed by atoms with E-state index in [0.717, 1.165) is 22.5 Å². The molecule has 0 aliphatic rings. The molecular formula is C20H17ClN8O. The normalized spacial score (nSPS) is 11.5. The summed E-state index contributed by atoms with van der Waals surface area (Å²) >= 11 is 6.03. The van der Waals surface area contributed by atoms with Crippen molar-refractivity contribution in [3.63, 3.8) is 0 Å². The molecule has 0 radical (unpaired) electrons. The Morgan fingerprint density at radius 1 is 1.13 bits per heavy atom. The minimum absolute atomic E-state index is 0.183. The number of hydrogen-bond donors (Lipinski definition) is 1. The Balaban J connectivity index is 1.64. The summed E-state index contributed by atoms with van der Waals surface area (Å²) in [4.78, 5) is 24.4. The molecule has 0 fully saturated rings. The summed E-state index contributed by atoms with van der Waals surface area (Å²) in [5, 5.41) is 13.9. The number of rotatable bonds is 5. The number of halogens is 1. The van der Waals surface area contributed by atoms with Crippen molar-refractivity contribution in [2.24, 2.45) is 0 Å². The number of nitrogens with zero attached hydrogens (tertiary/aromatic N) is 7. The number of hydrogen-bond acceptors (Lipinski definition) is 6. The van der Waals surface area contributed by atoms with Crippen molar-refractivity contribution in [1.82, 2.24) is 39.3 Å². The van der Waals surface area contributed by atoms with Crippen LogP contribution in [0.15, 0.2) is 47.9 Å². The van der Waals surface area contributed by atoms with Gasteiger partial charge in [-0.25, -0.2) is 9.97 Å². The third kappa shape index (κ3) is 3.03. The molecule has 5 aromatic rings. The molecule has 0 spiro atoms. The molecule has 0 amide bonds. The molecule has 1 N–H and O–H groups in total. The first-order valence-corrected chi connectivity index (χ1v) is 9.90. The van der Waals surface area contributed by atoms with E-state index in [4.69, 9.17) is 11.6 Å². The summed E-state index contributed by atoms with van der Waals surface area (Å²) in [6.45, 7) is 2.48. The van der Waals surface area contributed by atoms with E-state index in [1.54, 1.807) is 17.0 Å². The van der Waals surface area contributed by atoms with Crippen molar-refractivity contribution >= 4 is 28.4 Å². The van der Waals surface area contributed by atoms with Crippen molar-refractivity contribution < 1.29 is 0 Å². The minimum atomic E-state index is -0.254. The second kappa shape index (κ2) is 7.34. The second-order valence-corrected chi connectivity index (χ2v) is 7.30. The van der Waals surface area contributed by atoms with E-state index >= 15 is 0 Å². The molecule has 10 heteroatoms. The van der Waals surface area contributed by atoms with Gasteiger partial charge in [0.2, 0.25) is 0 Å². The first-order valence-electron chi connectivity index (χ1n) is 9.52. The quantitative estimate of drug-likeness (QED) is 0.468. The lowest BCUT2D eigenvalue weighted by molar-refractivity contribution is 0.651. The van der Waals surface area contributed by atoms with Gasteiger partial charge in [0.15, 0.2) is 16.8 Å². The number of imidazole rings is 1. The smallest absolute Gasteiger partial charge is 0.283 e. The van der Waals surface area contributed by atoms with Crippen LogP contribution in [-0.2, 0) is 19.4 Å². The van der Waals surface area contributed by atoms with Crippen molar-refractivity contribution in [3.05, 3.63) is 69.9 Å². The Bertz CT molecular complexity index is 1400. The Morgan fingerprint density at radius 2 is 1.97 bits per heavy atom. The van der Waals surface area contributed by atoms with Crippen LogP contribution in [0.4, 0.5) is 0 Å². The maximum absolute atomic E-state index is 12.9. The molecule has 0 unspecified atom stereocenters. The van der Waals surface area contributed by atoms with Gasteiger partial charge in [-0.15, -0.1) is 10.2 Å². The SMILES string of the molecule is CCc1nn2c(nnc3c(=O)n(CCc4cnc[nH]4)cnc32)c1-c1ccc(Cl)cc1. The molecule has 9 nitrogen and oxygen atoms in total. The topological polar surface area (TPSA) is 107 Å². The van der Waals surface area contributed by atoms with Crippen LogP contribution in [0.5, 0.6) is 0 Å². The van der Waals surface area contributed by atoms with Gasteiger partial charge in [-0.05, 0) is 24.1 Å². The van der Waals surface area contributed by atoms with Gasteiger partial charge in [0.05, 0.1) is 17.6 Å². The zero-order valence-corrected chi connectivity index (χ0v) is 16.8. The maximum Gasteiger partial charge on any atom is 0.283 e. The number of benzene rings is 1. The van der Waals surface area contributed by atoms with E-state index in [2.05, 4.69) is 30.2 Å². The van der Waals surface area contributed by atoms with Gasteiger partial charge >= 0.3 is 0 Å². The first-order chi connectivity index (χ1) is 14.7. The summed E-state index contributed by atoms with van der Waals surface area (Å²) < 4.78 is 3.12. The van der Waals surface area contributed by atoms with E-state index in [-0.39, 0.29) is 11.1 Å². The van der Waals surface area contributed by atoms with Crippen molar-refractivity contribution in [3.8, 4) is 11.1 Å². The third-order valence-corrected chi connectivity index (χ3v) is 5.27. The lowest BCUT2D eigenvalue weighted by atomic mass is 10.0. The fourth-order valence-electron chi connectivity index (χ4n) is 3.48. The van der Waals surface area contributed by atoms with Gasteiger partial charge in [-0.1, -0.05) is 30.7 Å². The summed E-state index contributed by atoms with van der Waals surface area (Å²) in [6, 6.07) is 7.49. The number of H-pyrrole nitrogens is 1. The molecular weight excluding hydrogens is 404 g/mol. The molecule has 0 aliphatic carbocycles. The maximum atomic E-state index is 12.9. The Morgan fingerprint density at radius 3 is 2.70 bits per heavy atom. The Labute approximate surface area is 175 Å². The Kier molecular flexibility index (Phi) is 4.51. The fraction of sp³-hybridized carbons (Fsp3) is 0.200. The Hall–Kier alpha value is -3.59. The predicted molar refractivity (Wildman–Crippen MR) is 112 cm³/mol. The minimum Gasteiger partial charge on any atom is -0.348 e. The van der Waals surface area contributed by atoms with Gasteiger partial charge in [0.1, 0.15) is 6.33 Å². The van der Waals surface area contributed by atoms with Crippen LogP contribution < -0.4 is 5.56 Å². The lowest BCUT2D eigenvalue weighted by Gasteiger charge is -2.06. The molecule has 4 aromatic heterocycles. The summed E-state index contributed by atoms with van der Waals surface area (Å²) in [5.41, 5.74) is 4.47. The standard InChI is InChI=1S/C20H17ClN8O/c1-2-15-16(12-3-5-13(21)6-4-12)18-26-25-17-19(29(18)27-15)24-11-28(20(17)30)8-7-14-9-22-10-23-14/h3-6,9-11H,2,7-8H2,1H3,(H,22,23). The van der Waals surface area contributed by atoms with Crippen molar-refractivity contribution in [1.29, 1.82) is 0 Å². The van der Waals surface area contributed by atoms with Crippen LogP contribution in [0.25, 0.3) is 27.9 Å². The first kappa shape index (κ1) is 18.4. The third-order valence-electron chi connectivity index (χ3n) is 5.02. The monoisotopic (exact) mass is 420 g/mol. The predicted octanol–water partition coefficient (Wildman–Crippen LogP) is 2.68. The van der Waals surface area contributed by atoms with Crippen LogP contribution in [-0.4, -0.2) is 39.3 Å². The molecule has 150 valence electrons. The highest BCUT2D eigenvalue weighted by molar-refractivity contribution is 6.30. The highest BCUT2D eigenvalue weighted by Gasteiger charge is 2.19. The zero-order chi connectivity index (χ0) is 20.7. The molecule has 30 heavy (non-hydrogen) atoms. The van der Waals surface area contributed by atoms with Crippen LogP contribution >= 0.6 is 11.6 Å². The van der Waals surface area contributed by atoms with E-state index in [1.807, 2.05) is 31.2 Å². The number of aromatic amines is 1. The molecule has 5 rings (SSSR count). The number of fused-ring (bicyclic) bond motifs is 3. The molecule has 4 heterocycles. The molecule has 1 aromatic carbocycles. The molecule has 0 bridgehead atoms. The number of aryl methyl sites for hydroxylation is 3. The lowest BCUT2D eigenvalue weighted by Crippen LogP contribution is -2.24. The summed E-state index contributed by atoms with van der Waals surface area (Å²) in [5.74, 6) is 0. The molecule has 0 atom stereocenters. The van der Waals surface area contributed by atoms with Gasteiger partial charge in [0, 0.05) is 29.9 Å². The summed E-state index contributed by atoms with van der Waals surface area (Å²) in [7, 11) is 0. The van der Waals surface area contributed by atoms with E-state index in [1.165, 1.54) is 10.9 Å². The van der Waals surface area contributed by atoms with Crippen molar-refractivity contribution in [2.45, 2.75) is 26.3 Å². The van der Waals surface area contributed by atoms with Crippen LogP contribution in [0.1, 0.15) is 18.3 Å². The van der Waals surface area contributed by atoms with Gasteiger partial charge in [-0.3, -0.25) is 9.36 Å². The zero-order valence-electron chi connectivity index (χ0n) is 16.1. The van der Waals surface area contributed by atoms with Gasteiger partial charge in [-0.2, -0.15) is 9.61 Å². The van der Waals surface area contributed by atoms with Crippen LogP contribution in [0, 0.1) is 0 Å². The molecule has 0 saturated carbocycles. The van der Waals surface area contributed by atoms with E-state index in [0.29, 0.717) is 35.7 Å².